The number of nitrogens with zero attached hydrogens (tertiary/aromatic N) is 2. The number of halogens is 1. The number of hydrogen-bond donors (Lipinski definition) is 1. The molecule has 0 saturated heterocycles. The largest absolute Gasteiger partial charge is 0.350 e. The lowest BCUT2D eigenvalue weighted by Crippen LogP contribution is -2.55. The van der Waals surface area contributed by atoms with E-state index in [1.54, 1.807) is 36.4 Å². The lowest BCUT2D eigenvalue weighted by Gasteiger charge is -2.35. The standard InChI is InChI=1S/C27H38ClN3O4S/c1-8-23(26(33)29-27(4,5)6)30(17-20-13-15-21(28)16-14-20)25(32)18-31(36(7,34)35)24-12-10-9-11-22(24)19(2)3/h9-16,19,23H,8,17-18H2,1-7H3,(H,29,33). The Morgan fingerprint density at radius 3 is 2.11 bits per heavy atom. The monoisotopic (exact) mass is 535 g/mol. The minimum Gasteiger partial charge on any atom is -0.350 e. The quantitative estimate of drug-likeness (QED) is 0.466. The average Bonchev–Trinajstić information content (AvgIpc) is 2.76. The molecule has 0 spiro atoms. The van der Waals surface area contributed by atoms with Crippen LogP contribution in [0.25, 0.3) is 0 Å². The predicted molar refractivity (Wildman–Crippen MR) is 147 cm³/mol. The number of hydrogen-bond acceptors (Lipinski definition) is 4. The molecule has 0 fully saturated rings. The maximum atomic E-state index is 13.8. The fourth-order valence-corrected chi connectivity index (χ4v) is 4.95. The van der Waals surface area contributed by atoms with Crippen LogP contribution < -0.4 is 9.62 Å². The Hall–Kier alpha value is -2.58. The van der Waals surface area contributed by atoms with Gasteiger partial charge >= 0.3 is 0 Å². The third-order valence-corrected chi connectivity index (χ3v) is 7.04. The number of anilines is 1. The van der Waals surface area contributed by atoms with E-state index < -0.39 is 34.1 Å². The van der Waals surface area contributed by atoms with Gasteiger partial charge in [-0.25, -0.2) is 8.42 Å². The van der Waals surface area contributed by atoms with E-state index >= 15 is 0 Å². The smallest absolute Gasteiger partial charge is 0.244 e. The molecule has 2 amide bonds. The Balaban J connectivity index is 2.51. The van der Waals surface area contributed by atoms with Crippen LogP contribution in [0.2, 0.25) is 5.02 Å². The molecule has 0 bridgehead atoms. The van der Waals surface area contributed by atoms with Crippen molar-refractivity contribution in [3.63, 3.8) is 0 Å². The molecule has 198 valence electrons. The summed E-state index contributed by atoms with van der Waals surface area (Å²) in [5.41, 5.74) is 1.57. The van der Waals surface area contributed by atoms with Gasteiger partial charge in [0.2, 0.25) is 21.8 Å². The van der Waals surface area contributed by atoms with Crippen molar-refractivity contribution in [1.29, 1.82) is 0 Å². The summed E-state index contributed by atoms with van der Waals surface area (Å²) in [5, 5.41) is 3.51. The SMILES string of the molecule is CCC(C(=O)NC(C)(C)C)N(Cc1ccc(Cl)cc1)C(=O)CN(c1ccccc1C(C)C)S(C)(=O)=O. The van der Waals surface area contributed by atoms with Crippen LogP contribution >= 0.6 is 11.6 Å². The summed E-state index contributed by atoms with van der Waals surface area (Å²) in [7, 11) is -3.79. The number of para-hydroxylation sites is 1. The Morgan fingerprint density at radius 2 is 1.61 bits per heavy atom. The molecule has 0 heterocycles. The molecule has 1 unspecified atom stereocenters. The number of benzene rings is 2. The Morgan fingerprint density at radius 1 is 1.03 bits per heavy atom. The Bertz CT molecular complexity index is 1160. The Labute approximate surface area is 220 Å². The van der Waals surface area contributed by atoms with Gasteiger partial charge < -0.3 is 10.2 Å². The summed E-state index contributed by atoms with van der Waals surface area (Å²) in [4.78, 5) is 28.5. The molecule has 0 saturated carbocycles. The van der Waals surface area contributed by atoms with Crippen LogP contribution in [0, 0.1) is 0 Å². The molecule has 1 atom stereocenters. The molecule has 2 rings (SSSR count). The van der Waals surface area contributed by atoms with Crippen LogP contribution in [0.5, 0.6) is 0 Å². The van der Waals surface area contributed by atoms with Crippen LogP contribution in [0.1, 0.15) is 65.0 Å². The van der Waals surface area contributed by atoms with Crippen LogP contribution in [-0.2, 0) is 26.2 Å². The van der Waals surface area contributed by atoms with Gasteiger partial charge in [0.05, 0.1) is 11.9 Å². The van der Waals surface area contributed by atoms with Crippen molar-refractivity contribution in [2.45, 2.75) is 72.0 Å². The molecule has 0 aliphatic carbocycles. The van der Waals surface area contributed by atoms with Gasteiger partial charge in [0, 0.05) is 17.1 Å². The second-order valence-corrected chi connectivity index (χ2v) is 12.6. The van der Waals surface area contributed by atoms with E-state index in [1.165, 1.54) is 4.90 Å². The number of rotatable bonds is 10. The molecule has 7 nitrogen and oxygen atoms in total. The van der Waals surface area contributed by atoms with Gasteiger partial charge in [0.15, 0.2) is 0 Å². The third kappa shape index (κ3) is 8.23. The van der Waals surface area contributed by atoms with Crippen LogP contribution in [0.4, 0.5) is 5.69 Å². The first-order valence-corrected chi connectivity index (χ1v) is 14.3. The van der Waals surface area contributed by atoms with Crippen molar-refractivity contribution in [2.75, 3.05) is 17.1 Å². The maximum absolute atomic E-state index is 13.8. The fraction of sp³-hybridized carbons (Fsp3) is 0.481. The van der Waals surface area contributed by atoms with Crippen molar-refractivity contribution in [3.05, 3.63) is 64.7 Å². The number of carbonyl (C=O) groups is 2. The minimum absolute atomic E-state index is 0.0478. The van der Waals surface area contributed by atoms with E-state index in [0.29, 0.717) is 17.1 Å². The molecular formula is C27H38ClN3O4S. The summed E-state index contributed by atoms with van der Waals surface area (Å²) in [5.74, 6) is -0.711. The highest BCUT2D eigenvalue weighted by Crippen LogP contribution is 2.29. The normalized spacial score (nSPS) is 12.8. The zero-order valence-electron chi connectivity index (χ0n) is 22.2. The summed E-state index contributed by atoms with van der Waals surface area (Å²) in [6.45, 7) is 11.1. The van der Waals surface area contributed by atoms with Crippen molar-refractivity contribution in [1.82, 2.24) is 10.2 Å². The van der Waals surface area contributed by atoms with E-state index in [9.17, 15) is 18.0 Å². The highest BCUT2D eigenvalue weighted by molar-refractivity contribution is 7.92. The summed E-state index contributed by atoms with van der Waals surface area (Å²) >= 11 is 6.03. The van der Waals surface area contributed by atoms with Gasteiger partial charge in [-0.2, -0.15) is 0 Å². The molecule has 9 heteroatoms. The molecule has 0 radical (unpaired) electrons. The molecule has 2 aromatic carbocycles. The fourth-order valence-electron chi connectivity index (χ4n) is 3.96. The van der Waals surface area contributed by atoms with E-state index in [1.807, 2.05) is 53.7 Å². The van der Waals surface area contributed by atoms with Gasteiger partial charge in [-0.1, -0.05) is 62.7 Å². The average molecular weight is 536 g/mol. The van der Waals surface area contributed by atoms with Gasteiger partial charge in [-0.15, -0.1) is 0 Å². The first-order chi connectivity index (χ1) is 16.6. The molecule has 36 heavy (non-hydrogen) atoms. The lowest BCUT2D eigenvalue weighted by atomic mass is 10.0. The minimum atomic E-state index is -3.79. The lowest BCUT2D eigenvalue weighted by molar-refractivity contribution is -0.141. The van der Waals surface area contributed by atoms with Gasteiger partial charge in [-0.3, -0.25) is 13.9 Å². The number of nitrogens with one attached hydrogen (secondary N) is 1. The molecular weight excluding hydrogens is 498 g/mol. The molecule has 1 N–H and O–H groups in total. The molecule has 2 aromatic rings. The predicted octanol–water partition coefficient (Wildman–Crippen LogP) is 4.95. The van der Waals surface area contributed by atoms with Crippen LogP contribution in [-0.4, -0.2) is 49.5 Å². The summed E-state index contributed by atoms with van der Waals surface area (Å²) in [6, 6.07) is 13.4. The second-order valence-electron chi connectivity index (χ2n) is 10.3. The van der Waals surface area contributed by atoms with Crippen molar-refractivity contribution < 1.29 is 18.0 Å². The van der Waals surface area contributed by atoms with Crippen molar-refractivity contribution in [3.8, 4) is 0 Å². The third-order valence-electron chi connectivity index (χ3n) is 5.66. The molecule has 0 aliphatic rings. The van der Waals surface area contributed by atoms with Gasteiger partial charge in [0.1, 0.15) is 12.6 Å². The van der Waals surface area contributed by atoms with Crippen LogP contribution in [0.15, 0.2) is 48.5 Å². The molecule has 0 aliphatic heterocycles. The number of sulfonamides is 1. The highest BCUT2D eigenvalue weighted by Gasteiger charge is 2.33. The molecule has 0 aromatic heterocycles. The number of amides is 2. The zero-order chi connectivity index (χ0) is 27.3. The summed E-state index contributed by atoms with van der Waals surface area (Å²) in [6.07, 6.45) is 1.45. The number of carbonyl (C=O) groups excluding carboxylic acids is 2. The topological polar surface area (TPSA) is 86.8 Å². The summed E-state index contributed by atoms with van der Waals surface area (Å²) < 4.78 is 26.9. The van der Waals surface area contributed by atoms with E-state index in [-0.39, 0.29) is 18.4 Å². The van der Waals surface area contributed by atoms with Crippen LogP contribution in [0.3, 0.4) is 0 Å². The van der Waals surface area contributed by atoms with E-state index in [0.717, 1.165) is 21.7 Å². The van der Waals surface area contributed by atoms with E-state index in [4.69, 9.17) is 11.6 Å². The van der Waals surface area contributed by atoms with Crippen molar-refractivity contribution in [2.24, 2.45) is 0 Å². The second kappa shape index (κ2) is 12.1. The zero-order valence-corrected chi connectivity index (χ0v) is 23.8. The van der Waals surface area contributed by atoms with Gasteiger partial charge in [-0.05, 0) is 62.4 Å². The first kappa shape index (κ1) is 29.6. The Kier molecular flexibility index (Phi) is 9.97. The maximum Gasteiger partial charge on any atom is 0.244 e. The van der Waals surface area contributed by atoms with Gasteiger partial charge in [0.25, 0.3) is 0 Å². The first-order valence-electron chi connectivity index (χ1n) is 12.1. The van der Waals surface area contributed by atoms with Crippen molar-refractivity contribution >= 4 is 39.1 Å². The highest BCUT2D eigenvalue weighted by atomic mass is 35.5. The van der Waals surface area contributed by atoms with E-state index in [2.05, 4.69) is 5.32 Å².